The van der Waals surface area contributed by atoms with Gasteiger partial charge in [-0.3, -0.25) is 4.79 Å². The Balaban J connectivity index is 2.04. The Morgan fingerprint density at radius 3 is 1.30 bits per heavy atom. The van der Waals surface area contributed by atoms with Crippen LogP contribution < -0.4 is 5.32 Å². The maximum absolute atomic E-state index is 13.0. The molecule has 1 fully saturated rings. The zero-order chi connectivity index (χ0) is 51.5. The molecule has 0 radical (unpaired) electrons. The molecule has 1 aliphatic heterocycles. The highest BCUT2D eigenvalue weighted by atomic mass is 16.7. The van der Waals surface area contributed by atoms with Crippen molar-refractivity contribution in [1.82, 2.24) is 5.32 Å². The van der Waals surface area contributed by atoms with Crippen LogP contribution in [0.4, 0.5) is 0 Å². The highest BCUT2D eigenvalue weighted by molar-refractivity contribution is 5.76. The summed E-state index contributed by atoms with van der Waals surface area (Å²) < 4.78 is 11.3. The van der Waals surface area contributed by atoms with E-state index in [0.29, 0.717) is 12.8 Å². The van der Waals surface area contributed by atoms with Crippen molar-refractivity contribution in [3.05, 3.63) is 60.8 Å². The SMILES string of the molecule is CC/C=C\C/C=C\C/C=C\C/C=C\C/C=C\CCCCCCCCCCCCCCCCCCCCCCCC(=O)NC(COC1OC(CO)C(O)C(O)C1O)C(O)CCCCCCCCCCCCC. The average molecular weight is 1000 g/mol. The van der Waals surface area contributed by atoms with E-state index >= 15 is 0 Å². The third-order valence-electron chi connectivity index (χ3n) is 14.1. The summed E-state index contributed by atoms with van der Waals surface area (Å²) in [7, 11) is 0. The van der Waals surface area contributed by atoms with Crippen molar-refractivity contribution in [2.24, 2.45) is 0 Å². The fraction of sp³-hybridized carbons (Fsp3) is 0.823. The van der Waals surface area contributed by atoms with Gasteiger partial charge in [0.15, 0.2) is 6.29 Å². The zero-order valence-corrected chi connectivity index (χ0v) is 46.0. The second-order valence-corrected chi connectivity index (χ2v) is 20.8. The van der Waals surface area contributed by atoms with E-state index in [2.05, 4.69) is 79.9 Å². The molecule has 0 spiro atoms. The van der Waals surface area contributed by atoms with Gasteiger partial charge < -0.3 is 40.3 Å². The van der Waals surface area contributed by atoms with E-state index in [0.717, 1.165) is 70.6 Å². The molecule has 1 rings (SSSR count). The topological polar surface area (TPSA) is 149 Å². The molecule has 0 bridgehead atoms. The number of carbonyl (C=O) groups excluding carboxylic acids is 1. The summed E-state index contributed by atoms with van der Waals surface area (Å²) in [5, 5.41) is 54.5. The van der Waals surface area contributed by atoms with Crippen LogP contribution in [-0.4, -0.2) is 87.5 Å². The van der Waals surface area contributed by atoms with Crippen molar-refractivity contribution in [2.75, 3.05) is 13.2 Å². The molecule has 7 atom stereocenters. The summed E-state index contributed by atoms with van der Waals surface area (Å²) in [6.07, 6.45) is 62.8. The molecular formula is C62H113NO8. The van der Waals surface area contributed by atoms with E-state index in [-0.39, 0.29) is 12.5 Å². The van der Waals surface area contributed by atoms with Crippen LogP contribution in [0.5, 0.6) is 0 Å². The second kappa shape index (κ2) is 51.4. The Hall–Kier alpha value is -2.11. The largest absolute Gasteiger partial charge is 0.394 e. The summed E-state index contributed by atoms with van der Waals surface area (Å²) in [5.74, 6) is -0.143. The van der Waals surface area contributed by atoms with Gasteiger partial charge in [0.05, 0.1) is 25.4 Å². The molecule has 0 aromatic heterocycles. The first-order valence-corrected chi connectivity index (χ1v) is 30.0. The lowest BCUT2D eigenvalue weighted by atomic mass is 9.99. The summed E-state index contributed by atoms with van der Waals surface area (Å²) in [5.41, 5.74) is 0. The highest BCUT2D eigenvalue weighted by Crippen LogP contribution is 2.23. The molecule has 1 aliphatic rings. The third kappa shape index (κ3) is 40.9. The van der Waals surface area contributed by atoms with Crippen molar-refractivity contribution in [3.63, 3.8) is 0 Å². The number of unbranched alkanes of at least 4 members (excludes halogenated alkanes) is 31. The van der Waals surface area contributed by atoms with Gasteiger partial charge in [-0.15, -0.1) is 0 Å². The Morgan fingerprint density at radius 1 is 0.493 bits per heavy atom. The van der Waals surface area contributed by atoms with E-state index in [1.165, 1.54) is 173 Å². The number of rotatable bonds is 51. The van der Waals surface area contributed by atoms with Gasteiger partial charge in [0.1, 0.15) is 24.4 Å². The van der Waals surface area contributed by atoms with Gasteiger partial charge in [-0.1, -0.05) is 267 Å². The minimum Gasteiger partial charge on any atom is -0.394 e. The zero-order valence-electron chi connectivity index (χ0n) is 46.0. The number of carbonyl (C=O) groups is 1. The van der Waals surface area contributed by atoms with E-state index in [9.17, 15) is 30.3 Å². The van der Waals surface area contributed by atoms with Crippen LogP contribution in [0.1, 0.15) is 271 Å². The predicted molar refractivity (Wildman–Crippen MR) is 299 cm³/mol. The molecule has 9 heteroatoms. The van der Waals surface area contributed by atoms with E-state index in [1.807, 2.05) is 0 Å². The Bertz CT molecular complexity index is 1300. The molecule has 1 saturated heterocycles. The Morgan fingerprint density at radius 2 is 0.873 bits per heavy atom. The van der Waals surface area contributed by atoms with Gasteiger partial charge in [0, 0.05) is 6.42 Å². The maximum Gasteiger partial charge on any atom is 0.220 e. The molecule has 1 heterocycles. The van der Waals surface area contributed by atoms with Crippen molar-refractivity contribution >= 4 is 5.91 Å². The first kappa shape index (κ1) is 66.9. The minimum atomic E-state index is -1.55. The number of aliphatic hydroxyl groups is 5. The number of hydrogen-bond donors (Lipinski definition) is 6. The minimum absolute atomic E-state index is 0.136. The first-order chi connectivity index (χ1) is 34.8. The molecule has 71 heavy (non-hydrogen) atoms. The number of amides is 1. The van der Waals surface area contributed by atoms with Crippen molar-refractivity contribution in [2.45, 2.75) is 314 Å². The molecule has 9 nitrogen and oxygen atoms in total. The molecule has 414 valence electrons. The number of ether oxygens (including phenoxy) is 2. The van der Waals surface area contributed by atoms with E-state index in [1.54, 1.807) is 0 Å². The van der Waals surface area contributed by atoms with Crippen molar-refractivity contribution in [1.29, 1.82) is 0 Å². The van der Waals surface area contributed by atoms with Crippen LogP contribution >= 0.6 is 0 Å². The van der Waals surface area contributed by atoms with Crippen molar-refractivity contribution in [3.8, 4) is 0 Å². The Labute approximate surface area is 436 Å². The highest BCUT2D eigenvalue weighted by Gasteiger charge is 2.44. The maximum atomic E-state index is 13.0. The second-order valence-electron chi connectivity index (χ2n) is 20.8. The van der Waals surface area contributed by atoms with Gasteiger partial charge >= 0.3 is 0 Å². The summed E-state index contributed by atoms with van der Waals surface area (Å²) in [4.78, 5) is 13.0. The van der Waals surface area contributed by atoms with Gasteiger partial charge in [0.2, 0.25) is 5.91 Å². The van der Waals surface area contributed by atoms with Crippen LogP contribution in [0.2, 0.25) is 0 Å². The molecular weight excluding hydrogens is 887 g/mol. The normalized spacial score (nSPS) is 19.7. The lowest BCUT2D eigenvalue weighted by Crippen LogP contribution is -2.60. The van der Waals surface area contributed by atoms with Gasteiger partial charge in [0.25, 0.3) is 0 Å². The Kier molecular flexibility index (Phi) is 48.4. The summed E-state index contributed by atoms with van der Waals surface area (Å²) >= 11 is 0. The van der Waals surface area contributed by atoms with Gasteiger partial charge in [-0.05, 0) is 57.8 Å². The molecule has 0 saturated carbocycles. The van der Waals surface area contributed by atoms with Crippen LogP contribution in [0.15, 0.2) is 60.8 Å². The lowest BCUT2D eigenvalue weighted by molar-refractivity contribution is -0.302. The fourth-order valence-corrected chi connectivity index (χ4v) is 9.43. The molecule has 7 unspecified atom stereocenters. The standard InChI is InChI=1S/C62H113NO8/c1-3-5-7-9-11-13-15-16-17-18-19-20-21-22-23-24-25-26-27-28-29-30-31-32-33-34-35-36-37-38-39-40-42-44-46-48-50-52-58(66)63-55(54-70-62-61(69)60(68)59(67)57(53-64)71-62)56(65)51-49-47-45-43-41-14-12-10-8-6-4-2/h5,7,11,13,16-17,19-20,22-23,55-57,59-62,64-65,67-69H,3-4,6,8-10,12,14-15,18,21,24-54H2,1-2H3,(H,63,66)/b7-5-,13-11-,17-16-,20-19-,23-22-. The van der Waals surface area contributed by atoms with Crippen LogP contribution in [-0.2, 0) is 14.3 Å². The molecule has 1 amide bonds. The average Bonchev–Trinajstić information content (AvgIpc) is 3.37. The lowest BCUT2D eigenvalue weighted by Gasteiger charge is -2.40. The van der Waals surface area contributed by atoms with E-state index < -0.39 is 49.5 Å². The quantitative estimate of drug-likeness (QED) is 0.0261. The number of nitrogens with one attached hydrogen (secondary N) is 1. The van der Waals surface area contributed by atoms with Gasteiger partial charge in [-0.25, -0.2) is 0 Å². The van der Waals surface area contributed by atoms with Crippen molar-refractivity contribution < 1.29 is 39.8 Å². The molecule has 0 aliphatic carbocycles. The fourth-order valence-electron chi connectivity index (χ4n) is 9.43. The smallest absolute Gasteiger partial charge is 0.220 e. The van der Waals surface area contributed by atoms with Crippen LogP contribution in [0.3, 0.4) is 0 Å². The van der Waals surface area contributed by atoms with Crippen LogP contribution in [0.25, 0.3) is 0 Å². The van der Waals surface area contributed by atoms with Crippen LogP contribution in [0, 0.1) is 0 Å². The monoisotopic (exact) mass is 1000 g/mol. The summed E-state index contributed by atoms with van der Waals surface area (Å²) in [6.45, 7) is 3.72. The number of aliphatic hydroxyl groups excluding tert-OH is 5. The van der Waals surface area contributed by atoms with Gasteiger partial charge in [-0.2, -0.15) is 0 Å². The summed E-state index contributed by atoms with van der Waals surface area (Å²) in [6, 6.07) is -0.717. The first-order valence-electron chi connectivity index (χ1n) is 30.0. The number of hydrogen-bond acceptors (Lipinski definition) is 8. The predicted octanol–water partition coefficient (Wildman–Crippen LogP) is 15.1. The van der Waals surface area contributed by atoms with E-state index in [4.69, 9.17) is 9.47 Å². The molecule has 6 N–H and O–H groups in total. The molecule has 0 aromatic rings. The number of allylic oxidation sites excluding steroid dienone is 10. The molecule has 0 aromatic carbocycles. The third-order valence-corrected chi connectivity index (χ3v) is 14.1.